The van der Waals surface area contributed by atoms with Crippen molar-refractivity contribution < 1.29 is 4.79 Å². The summed E-state index contributed by atoms with van der Waals surface area (Å²) in [5.74, 6) is 0.737. The highest BCUT2D eigenvalue weighted by Gasteiger charge is 2.11. The summed E-state index contributed by atoms with van der Waals surface area (Å²) >= 11 is 0. The van der Waals surface area contributed by atoms with E-state index in [-0.39, 0.29) is 5.78 Å². The Labute approximate surface area is 91.7 Å². The largest absolute Gasteiger partial charge is 0.292 e. The van der Waals surface area contributed by atoms with Crippen LogP contribution in [0, 0.1) is 19.8 Å². The molecule has 0 bridgehead atoms. The van der Waals surface area contributed by atoms with Crippen molar-refractivity contribution in [3.05, 3.63) is 29.1 Å². The first-order valence-electron chi connectivity index (χ1n) is 5.47. The lowest BCUT2D eigenvalue weighted by Crippen LogP contribution is -2.06. The van der Waals surface area contributed by atoms with Crippen molar-refractivity contribution in [3.8, 4) is 0 Å². The summed E-state index contributed by atoms with van der Waals surface area (Å²) in [6.45, 7) is 8.19. The number of hydrogen-bond acceptors (Lipinski definition) is 2. The predicted octanol–water partition coefficient (Wildman–Crippen LogP) is 3.32. The molecule has 0 atom stereocenters. The van der Waals surface area contributed by atoms with Gasteiger partial charge in [-0.2, -0.15) is 0 Å². The van der Waals surface area contributed by atoms with Gasteiger partial charge in [-0.25, -0.2) is 0 Å². The van der Waals surface area contributed by atoms with Gasteiger partial charge in [0.15, 0.2) is 5.78 Å². The summed E-state index contributed by atoms with van der Waals surface area (Å²) in [4.78, 5) is 16.0. The minimum Gasteiger partial charge on any atom is -0.292 e. The molecule has 82 valence electrons. The smallest absolute Gasteiger partial charge is 0.181 e. The van der Waals surface area contributed by atoms with Crippen LogP contribution in [0.2, 0.25) is 0 Å². The van der Waals surface area contributed by atoms with Crippen LogP contribution in [0.15, 0.2) is 12.3 Å². The van der Waals surface area contributed by atoms with Gasteiger partial charge in [-0.05, 0) is 37.3 Å². The number of nitrogens with zero attached hydrogens (tertiary/aromatic N) is 1. The van der Waals surface area contributed by atoms with E-state index in [0.29, 0.717) is 18.0 Å². The summed E-state index contributed by atoms with van der Waals surface area (Å²) in [5.41, 5.74) is 2.73. The van der Waals surface area contributed by atoms with Crippen molar-refractivity contribution in [1.29, 1.82) is 0 Å². The maximum Gasteiger partial charge on any atom is 0.181 e. The lowest BCUT2D eigenvalue weighted by molar-refractivity contribution is 0.0970. The third-order valence-electron chi connectivity index (χ3n) is 2.43. The zero-order chi connectivity index (χ0) is 11.4. The zero-order valence-electron chi connectivity index (χ0n) is 10.0. The minimum atomic E-state index is 0.168. The van der Waals surface area contributed by atoms with Crippen LogP contribution < -0.4 is 0 Å². The van der Waals surface area contributed by atoms with Gasteiger partial charge in [0.2, 0.25) is 0 Å². The maximum absolute atomic E-state index is 11.8. The number of Topliss-reactive ketones (excluding diaryl/α,β-unsaturated/α-hetero) is 1. The second kappa shape index (κ2) is 5.06. The molecule has 15 heavy (non-hydrogen) atoms. The van der Waals surface area contributed by atoms with Crippen molar-refractivity contribution in [2.75, 3.05) is 0 Å². The van der Waals surface area contributed by atoms with Crippen molar-refractivity contribution in [3.63, 3.8) is 0 Å². The van der Waals surface area contributed by atoms with E-state index >= 15 is 0 Å². The second-order valence-corrected chi connectivity index (χ2v) is 4.53. The molecular formula is C13H19NO. The first kappa shape index (κ1) is 11.9. The molecule has 0 unspecified atom stereocenters. The van der Waals surface area contributed by atoms with Gasteiger partial charge in [-0.3, -0.25) is 9.78 Å². The number of carbonyl (C=O) groups excluding carboxylic acids is 1. The van der Waals surface area contributed by atoms with Gasteiger partial charge < -0.3 is 0 Å². The van der Waals surface area contributed by atoms with E-state index in [9.17, 15) is 4.79 Å². The Morgan fingerprint density at radius 2 is 2.07 bits per heavy atom. The van der Waals surface area contributed by atoms with E-state index in [1.165, 1.54) is 0 Å². The molecule has 0 fully saturated rings. The first-order chi connectivity index (χ1) is 7.00. The Bertz CT molecular complexity index is 356. The number of hydrogen-bond donors (Lipinski definition) is 0. The number of ketones is 1. The molecule has 0 aliphatic carbocycles. The quantitative estimate of drug-likeness (QED) is 0.706. The molecule has 0 radical (unpaired) electrons. The van der Waals surface area contributed by atoms with Crippen LogP contribution in [-0.2, 0) is 0 Å². The van der Waals surface area contributed by atoms with Gasteiger partial charge >= 0.3 is 0 Å². The summed E-state index contributed by atoms with van der Waals surface area (Å²) < 4.78 is 0. The number of aromatic nitrogens is 1. The Morgan fingerprint density at radius 1 is 1.40 bits per heavy atom. The van der Waals surface area contributed by atoms with Crippen LogP contribution in [0.25, 0.3) is 0 Å². The van der Waals surface area contributed by atoms with E-state index in [1.54, 1.807) is 6.20 Å². The van der Waals surface area contributed by atoms with E-state index < -0.39 is 0 Å². The molecule has 0 aliphatic rings. The molecular weight excluding hydrogens is 186 g/mol. The van der Waals surface area contributed by atoms with Crippen LogP contribution in [0.1, 0.15) is 48.3 Å². The van der Waals surface area contributed by atoms with Gasteiger partial charge in [0.1, 0.15) is 5.69 Å². The minimum absolute atomic E-state index is 0.168. The normalized spacial score (nSPS) is 10.7. The highest BCUT2D eigenvalue weighted by atomic mass is 16.1. The molecule has 0 spiro atoms. The number of pyridine rings is 1. The van der Waals surface area contributed by atoms with Crippen molar-refractivity contribution >= 4 is 5.78 Å². The Hall–Kier alpha value is -1.18. The maximum atomic E-state index is 11.8. The van der Waals surface area contributed by atoms with Crippen molar-refractivity contribution in [2.24, 2.45) is 5.92 Å². The zero-order valence-corrected chi connectivity index (χ0v) is 10.0. The Kier molecular flexibility index (Phi) is 4.01. The fourth-order valence-corrected chi connectivity index (χ4v) is 1.55. The first-order valence-corrected chi connectivity index (χ1v) is 5.47. The molecule has 0 amide bonds. The SMILES string of the molecule is Cc1cnc(C(=O)CCC(C)C)c(C)c1. The lowest BCUT2D eigenvalue weighted by atomic mass is 10.0. The highest BCUT2D eigenvalue weighted by Crippen LogP contribution is 2.12. The Balaban J connectivity index is 2.74. The van der Waals surface area contributed by atoms with Gasteiger partial charge in [0, 0.05) is 12.6 Å². The van der Waals surface area contributed by atoms with Gasteiger partial charge in [0.25, 0.3) is 0 Å². The fraction of sp³-hybridized carbons (Fsp3) is 0.538. The van der Waals surface area contributed by atoms with Gasteiger partial charge in [-0.1, -0.05) is 19.9 Å². The molecule has 0 aromatic carbocycles. The molecule has 1 rings (SSSR count). The van der Waals surface area contributed by atoms with Crippen LogP contribution in [-0.4, -0.2) is 10.8 Å². The fourth-order valence-electron chi connectivity index (χ4n) is 1.55. The van der Waals surface area contributed by atoms with E-state index in [0.717, 1.165) is 17.5 Å². The van der Waals surface area contributed by atoms with Crippen LogP contribution in [0.3, 0.4) is 0 Å². The number of carbonyl (C=O) groups is 1. The predicted molar refractivity (Wildman–Crippen MR) is 62.1 cm³/mol. The summed E-state index contributed by atoms with van der Waals surface area (Å²) in [5, 5.41) is 0. The average Bonchev–Trinajstić information content (AvgIpc) is 2.14. The third-order valence-corrected chi connectivity index (χ3v) is 2.43. The molecule has 0 saturated heterocycles. The number of aryl methyl sites for hydroxylation is 2. The van der Waals surface area contributed by atoms with Crippen LogP contribution in [0.4, 0.5) is 0 Å². The molecule has 0 saturated carbocycles. The number of rotatable bonds is 4. The highest BCUT2D eigenvalue weighted by molar-refractivity contribution is 5.95. The van der Waals surface area contributed by atoms with Crippen molar-refractivity contribution in [2.45, 2.75) is 40.5 Å². The van der Waals surface area contributed by atoms with Crippen LogP contribution in [0.5, 0.6) is 0 Å². The molecule has 1 aromatic rings. The van der Waals surface area contributed by atoms with E-state index in [4.69, 9.17) is 0 Å². The summed E-state index contributed by atoms with van der Waals surface area (Å²) in [6, 6.07) is 2.01. The molecule has 1 heterocycles. The Morgan fingerprint density at radius 3 is 2.60 bits per heavy atom. The van der Waals surface area contributed by atoms with Gasteiger partial charge in [-0.15, -0.1) is 0 Å². The standard InChI is InChI=1S/C13H19NO/c1-9(2)5-6-12(15)13-11(4)7-10(3)8-14-13/h7-9H,5-6H2,1-4H3. The average molecular weight is 205 g/mol. The lowest BCUT2D eigenvalue weighted by Gasteiger charge is -2.06. The van der Waals surface area contributed by atoms with Gasteiger partial charge in [0.05, 0.1) is 0 Å². The summed E-state index contributed by atoms with van der Waals surface area (Å²) in [7, 11) is 0. The van der Waals surface area contributed by atoms with Crippen molar-refractivity contribution in [1.82, 2.24) is 4.98 Å². The molecule has 2 nitrogen and oxygen atoms in total. The van der Waals surface area contributed by atoms with E-state index in [1.807, 2.05) is 19.9 Å². The molecule has 1 aromatic heterocycles. The molecule has 0 N–H and O–H groups in total. The third kappa shape index (κ3) is 3.46. The molecule has 2 heteroatoms. The summed E-state index contributed by atoms with van der Waals surface area (Å²) in [6.07, 6.45) is 3.30. The van der Waals surface area contributed by atoms with E-state index in [2.05, 4.69) is 18.8 Å². The van der Waals surface area contributed by atoms with Crippen LogP contribution >= 0.6 is 0 Å². The topological polar surface area (TPSA) is 30.0 Å². The monoisotopic (exact) mass is 205 g/mol. The molecule has 0 aliphatic heterocycles. The second-order valence-electron chi connectivity index (χ2n) is 4.53.